The van der Waals surface area contributed by atoms with Crippen LogP contribution in [0.15, 0.2) is 202 Å². The van der Waals surface area contributed by atoms with Gasteiger partial charge in [-0.25, -0.2) is 34.9 Å². The van der Waals surface area contributed by atoms with Gasteiger partial charge in [-0.05, 0) is 237 Å². The number of rotatable bonds is 23. The molecule has 26 N–H and O–H groups in total. The highest BCUT2D eigenvalue weighted by atomic mass is 79.9. The third-order valence-electron chi connectivity index (χ3n) is 23.1. The molecule has 19 heterocycles. The molecule has 5 atom stereocenters. The van der Waals surface area contributed by atoms with Gasteiger partial charge in [0.15, 0.2) is 39.5 Å². The number of fused-ring (bicyclic) bond motifs is 7. The number of anilines is 14. The van der Waals surface area contributed by atoms with Crippen LogP contribution in [-0.4, -0.2) is 204 Å². The fourth-order valence-electron chi connectivity index (χ4n) is 16.1. The Morgan fingerprint density at radius 2 is 0.618 bits per heavy atom. The van der Waals surface area contributed by atoms with Crippen molar-refractivity contribution in [2.24, 2.45) is 5.73 Å². The van der Waals surface area contributed by atoms with Crippen molar-refractivity contribution in [1.29, 1.82) is 0 Å². The first kappa shape index (κ1) is 97.4. The van der Waals surface area contributed by atoms with Crippen LogP contribution in [0.3, 0.4) is 0 Å². The molecule has 5 fully saturated rings. The summed E-state index contributed by atoms with van der Waals surface area (Å²) in [5.41, 5.74) is 57.6. The molecule has 0 radical (unpaired) electrons. The number of nitrogens with two attached hydrogens (primary N) is 8. The molecule has 17 aromatic rings. The van der Waals surface area contributed by atoms with Crippen molar-refractivity contribution in [3.8, 4) is 11.1 Å². The highest BCUT2D eigenvalue weighted by Gasteiger charge is 2.24. The molecule has 22 rings (SSSR count). The van der Waals surface area contributed by atoms with Crippen LogP contribution in [0.2, 0.25) is 0 Å². The molecule has 40 nitrogen and oxygen atoms in total. The monoisotopic (exact) mass is 2290 g/mol. The molecule has 3 aromatic carbocycles. The first-order chi connectivity index (χ1) is 66.0. The standard InChI is InChI=1S/C19H16BrN5.C14H14BrN5.2C12H17BrN6.2C11H15BrN6.C10H13BrN6/c20-16-12-23-25-17(21)10-18(24-19(16)25)22-11-13-6-8-15(9-7-13)14-4-2-1-3-5-14;15-11-9-18-20-12(16)8-13(19-14(11)20)17-7-6-10-4-2-1-3-5-10;2*13-9-7-17-19-10(14)6-11(18-12(9)19)16-5-3-8-2-1-4-15-8;2*12-8-6-16-18-9(13)4-10(17-11(8)18)15-5-7-2-1-3-14-7;11-7-4-14-17-8(13)3-9(15-10(7)17)16-2-1-6(12)5-16/h1-10,12H,11,21H2,(H,22,24);1-5,8-9H,6-7,16H2,(H,17,19);2*6-8,15H,1-5,14H2,(H,16,18);2*4,6-7,14H,1-3,5,13H2,(H,15,17);3-4,6H,1-2,5,12-13H2/t;;2*8-;2*7-;6-/m..10100/s1. The summed E-state index contributed by atoms with van der Waals surface area (Å²) >= 11 is 23.9. The van der Waals surface area contributed by atoms with Gasteiger partial charge in [0.1, 0.15) is 81.5 Å². The Morgan fingerprint density at radius 3 is 0.949 bits per heavy atom. The average molecular weight is 2300 g/mol. The van der Waals surface area contributed by atoms with Crippen LogP contribution in [0.5, 0.6) is 0 Å². The van der Waals surface area contributed by atoms with Crippen molar-refractivity contribution in [2.45, 2.75) is 114 Å². The zero-order chi connectivity index (χ0) is 94.7. The van der Waals surface area contributed by atoms with Crippen LogP contribution >= 0.6 is 112 Å². The van der Waals surface area contributed by atoms with E-state index in [1.54, 1.807) is 99.3 Å². The molecule has 47 heteroatoms. The van der Waals surface area contributed by atoms with Crippen LogP contribution in [0.1, 0.15) is 81.8 Å². The van der Waals surface area contributed by atoms with Crippen molar-refractivity contribution < 1.29 is 0 Å². The smallest absolute Gasteiger partial charge is 0.173 e. The average Bonchev–Trinajstić information content (AvgIpc) is 1.76. The van der Waals surface area contributed by atoms with Gasteiger partial charge in [-0.3, -0.25) is 0 Å². The van der Waals surface area contributed by atoms with Crippen molar-refractivity contribution in [2.75, 3.05) is 149 Å². The maximum atomic E-state index is 6.02. The predicted octanol–water partition coefficient (Wildman–Crippen LogP) is 13.4. The normalized spacial score (nSPS) is 16.6. The van der Waals surface area contributed by atoms with Gasteiger partial charge in [-0.15, -0.1) is 0 Å². The zero-order valence-corrected chi connectivity index (χ0v) is 85.2. The first-order valence-electron chi connectivity index (χ1n) is 44.7. The SMILES string of the molecule is Nc1cc(N2CC[C@H](N)C2)nc2c(Br)cnn12.Nc1cc(NCC[C@@H]2CCCN2)nc2c(Br)cnn12.Nc1cc(NCC[C@H]2CCCN2)nc2c(Br)cnn12.Nc1cc(NCCc2ccccc2)nc2c(Br)cnn12.Nc1cc(NC[C@@H]2CCCN2)nc2c(Br)cnn12.Nc1cc(NC[C@H]2CCCN2)nc2c(Br)cnn12.Nc1cc(NCc2ccc(-c3ccccc3)cc2)nc2c(Br)cnn12. The first-order valence-corrected chi connectivity index (χ1v) is 50.2. The molecule has 0 unspecified atom stereocenters. The van der Waals surface area contributed by atoms with E-state index in [1.807, 2.05) is 54.6 Å². The number of hydrogen-bond acceptors (Lipinski definition) is 33. The summed E-state index contributed by atoms with van der Waals surface area (Å²) in [5, 5.41) is 62.8. The molecule has 136 heavy (non-hydrogen) atoms. The van der Waals surface area contributed by atoms with Gasteiger partial charge in [0, 0.05) is 125 Å². The van der Waals surface area contributed by atoms with Gasteiger partial charge in [0.25, 0.3) is 0 Å². The Balaban J connectivity index is 0.000000115. The Labute approximate surface area is 841 Å². The van der Waals surface area contributed by atoms with E-state index < -0.39 is 0 Å². The Kier molecular flexibility index (Phi) is 33.3. The fraction of sp³-hybridized carbons (Fsp3) is 0.326. The van der Waals surface area contributed by atoms with E-state index in [2.05, 4.69) is 289 Å². The zero-order valence-electron chi connectivity index (χ0n) is 74.1. The minimum Gasteiger partial charge on any atom is -0.383 e. The molecule has 5 saturated heterocycles. The third-order valence-corrected chi connectivity index (χ3v) is 27.0. The van der Waals surface area contributed by atoms with Crippen molar-refractivity contribution in [1.82, 2.24) is 123 Å². The molecule has 0 bridgehead atoms. The lowest BCUT2D eigenvalue weighted by Gasteiger charge is -2.17. The molecule has 712 valence electrons. The number of halogens is 7. The molecule has 0 spiro atoms. The van der Waals surface area contributed by atoms with Crippen LogP contribution < -0.4 is 104 Å². The van der Waals surface area contributed by atoms with Gasteiger partial charge in [-0.2, -0.15) is 67.3 Å². The van der Waals surface area contributed by atoms with Crippen LogP contribution in [0.4, 0.5) is 81.5 Å². The Hall–Kier alpha value is -11.6. The number of aromatic nitrogens is 21. The summed E-state index contributed by atoms with van der Waals surface area (Å²) in [6.07, 6.45) is 26.0. The molecule has 0 amide bonds. The summed E-state index contributed by atoms with van der Waals surface area (Å²) in [4.78, 5) is 33.7. The molecule has 0 aliphatic carbocycles. The maximum Gasteiger partial charge on any atom is 0.173 e. The van der Waals surface area contributed by atoms with Crippen LogP contribution in [-0.2, 0) is 13.0 Å². The third kappa shape index (κ3) is 25.2. The highest BCUT2D eigenvalue weighted by Crippen LogP contribution is 2.31. The number of benzene rings is 3. The van der Waals surface area contributed by atoms with Crippen molar-refractivity contribution in [3.05, 3.63) is 213 Å². The molecule has 5 aliphatic rings. The number of nitrogens with zero attached hydrogens (tertiary/aromatic N) is 22. The summed E-state index contributed by atoms with van der Waals surface area (Å²) in [7, 11) is 0. The number of nitrogen functional groups attached to an aromatic ring is 7. The maximum absolute atomic E-state index is 6.02. The van der Waals surface area contributed by atoms with E-state index in [9.17, 15) is 0 Å². The van der Waals surface area contributed by atoms with Crippen molar-refractivity contribution in [3.63, 3.8) is 0 Å². The predicted molar refractivity (Wildman–Crippen MR) is 566 cm³/mol. The van der Waals surface area contributed by atoms with Gasteiger partial charge in [0.2, 0.25) is 0 Å². The minimum atomic E-state index is 0.225. The van der Waals surface area contributed by atoms with E-state index >= 15 is 0 Å². The largest absolute Gasteiger partial charge is 0.383 e. The van der Waals surface area contributed by atoms with Gasteiger partial charge >= 0.3 is 0 Å². The number of hydrogen-bond donors (Lipinski definition) is 18. The Bertz CT molecular complexity index is 6620. The lowest BCUT2D eigenvalue weighted by Crippen LogP contribution is -2.29. The fourth-order valence-corrected chi connectivity index (χ4v) is 18.5. The van der Waals surface area contributed by atoms with E-state index in [4.69, 9.17) is 45.9 Å². The minimum absolute atomic E-state index is 0.225. The second kappa shape index (κ2) is 46.5. The lowest BCUT2D eigenvalue weighted by molar-refractivity contribution is 0.574. The van der Waals surface area contributed by atoms with E-state index in [-0.39, 0.29) is 6.04 Å². The summed E-state index contributed by atoms with van der Waals surface area (Å²) in [6.45, 7) is 11.3. The van der Waals surface area contributed by atoms with E-state index in [0.29, 0.717) is 82.7 Å². The highest BCUT2D eigenvalue weighted by molar-refractivity contribution is 9.11. The van der Waals surface area contributed by atoms with E-state index in [1.165, 1.54) is 73.6 Å². The molecular formula is C89H107Br7N40. The summed E-state index contributed by atoms with van der Waals surface area (Å²) in [6, 6.07) is 44.4. The summed E-state index contributed by atoms with van der Waals surface area (Å²) < 4.78 is 17.2. The van der Waals surface area contributed by atoms with Gasteiger partial charge in [0.05, 0.1) is 74.7 Å². The van der Waals surface area contributed by atoms with Gasteiger partial charge < -0.3 is 104 Å². The second-order valence-electron chi connectivity index (χ2n) is 33.0. The lowest BCUT2D eigenvalue weighted by atomic mass is 10.0. The van der Waals surface area contributed by atoms with E-state index in [0.717, 1.165) is 198 Å². The second-order valence-corrected chi connectivity index (χ2v) is 39.0. The summed E-state index contributed by atoms with van der Waals surface area (Å²) in [5.74, 6) is 9.50. The molecular weight excluding hydrogens is 2190 g/mol. The topological polar surface area (TPSA) is 543 Å². The van der Waals surface area contributed by atoms with Crippen molar-refractivity contribution >= 4 is 232 Å². The van der Waals surface area contributed by atoms with Crippen LogP contribution in [0, 0.1) is 0 Å². The van der Waals surface area contributed by atoms with Gasteiger partial charge in [-0.1, -0.05) is 84.9 Å². The molecule has 0 saturated carbocycles. The van der Waals surface area contributed by atoms with Crippen LogP contribution in [0.25, 0.3) is 50.7 Å². The Morgan fingerprint density at radius 1 is 0.316 bits per heavy atom. The number of nitrogens with one attached hydrogen (secondary N) is 10. The quantitative estimate of drug-likeness (QED) is 0.0283. The molecule has 14 aromatic heterocycles. The molecule has 5 aliphatic heterocycles.